The maximum Gasteiger partial charge on any atom is 0.172 e. The van der Waals surface area contributed by atoms with Crippen molar-refractivity contribution in [2.24, 2.45) is 0 Å². The topological polar surface area (TPSA) is 43.6 Å². The predicted molar refractivity (Wildman–Crippen MR) is 48.6 cm³/mol. The molecule has 4 nitrogen and oxygen atoms in total. The van der Waals surface area contributed by atoms with E-state index in [2.05, 4.69) is 15.4 Å². The van der Waals surface area contributed by atoms with Gasteiger partial charge in [0.25, 0.3) is 0 Å². The standard InChI is InChI=1S/C9H10N4/c1-7-4-3-5-9(6-7)13-11-8(2)10-12-13/h3-6H,1-2H3. The molecule has 2 aromatic rings. The Morgan fingerprint density at radius 2 is 2.08 bits per heavy atom. The van der Waals surface area contributed by atoms with Crippen LogP contribution in [0.3, 0.4) is 0 Å². The van der Waals surface area contributed by atoms with Crippen molar-refractivity contribution in [1.29, 1.82) is 0 Å². The van der Waals surface area contributed by atoms with Crippen LogP contribution in [0.1, 0.15) is 11.4 Å². The van der Waals surface area contributed by atoms with E-state index in [9.17, 15) is 0 Å². The fourth-order valence-corrected chi connectivity index (χ4v) is 1.15. The third kappa shape index (κ3) is 1.56. The van der Waals surface area contributed by atoms with Gasteiger partial charge in [0, 0.05) is 0 Å². The van der Waals surface area contributed by atoms with Gasteiger partial charge >= 0.3 is 0 Å². The van der Waals surface area contributed by atoms with Gasteiger partial charge in [0.05, 0.1) is 5.69 Å². The third-order valence-corrected chi connectivity index (χ3v) is 1.75. The van der Waals surface area contributed by atoms with Gasteiger partial charge in [-0.25, -0.2) is 0 Å². The lowest BCUT2D eigenvalue weighted by Gasteiger charge is -1.98. The first kappa shape index (κ1) is 7.91. The summed E-state index contributed by atoms with van der Waals surface area (Å²) in [4.78, 5) is 1.53. The molecular weight excluding hydrogens is 164 g/mol. The van der Waals surface area contributed by atoms with Crippen LogP contribution in [-0.2, 0) is 0 Å². The molecule has 0 atom stereocenters. The van der Waals surface area contributed by atoms with Gasteiger partial charge in [0.1, 0.15) is 0 Å². The molecule has 0 aliphatic rings. The fourth-order valence-electron chi connectivity index (χ4n) is 1.15. The maximum atomic E-state index is 4.12. The molecule has 0 bridgehead atoms. The first-order valence-electron chi connectivity index (χ1n) is 4.09. The molecule has 0 aliphatic heterocycles. The van der Waals surface area contributed by atoms with Gasteiger partial charge in [-0.05, 0) is 36.8 Å². The molecule has 0 aliphatic carbocycles. The summed E-state index contributed by atoms with van der Waals surface area (Å²) in [7, 11) is 0. The second kappa shape index (κ2) is 2.97. The number of aryl methyl sites for hydroxylation is 2. The van der Waals surface area contributed by atoms with Crippen LogP contribution >= 0.6 is 0 Å². The summed E-state index contributed by atoms with van der Waals surface area (Å²) in [5, 5.41) is 11.8. The molecule has 0 saturated heterocycles. The number of hydrogen-bond acceptors (Lipinski definition) is 3. The number of hydrogen-bond donors (Lipinski definition) is 0. The largest absolute Gasteiger partial charge is 0.172 e. The zero-order valence-electron chi connectivity index (χ0n) is 7.60. The van der Waals surface area contributed by atoms with E-state index in [1.54, 1.807) is 0 Å². The molecule has 1 aromatic carbocycles. The van der Waals surface area contributed by atoms with E-state index in [-0.39, 0.29) is 0 Å². The van der Waals surface area contributed by atoms with E-state index in [0.29, 0.717) is 5.82 Å². The Labute approximate surface area is 76.2 Å². The average molecular weight is 174 g/mol. The molecule has 13 heavy (non-hydrogen) atoms. The van der Waals surface area contributed by atoms with Crippen molar-refractivity contribution in [2.75, 3.05) is 0 Å². The lowest BCUT2D eigenvalue weighted by atomic mass is 10.2. The van der Waals surface area contributed by atoms with Crippen molar-refractivity contribution >= 4 is 0 Å². The van der Waals surface area contributed by atoms with Crippen molar-refractivity contribution in [2.45, 2.75) is 13.8 Å². The second-order valence-electron chi connectivity index (χ2n) is 2.97. The highest BCUT2D eigenvalue weighted by molar-refractivity contribution is 5.32. The van der Waals surface area contributed by atoms with Crippen LogP contribution in [0.4, 0.5) is 0 Å². The van der Waals surface area contributed by atoms with Gasteiger partial charge in [0.15, 0.2) is 5.82 Å². The molecule has 2 rings (SSSR count). The number of nitrogens with zero attached hydrogens (tertiary/aromatic N) is 4. The number of benzene rings is 1. The summed E-state index contributed by atoms with van der Waals surface area (Å²) in [6.07, 6.45) is 0. The SMILES string of the molecule is Cc1cccc(-n2nnc(C)n2)c1. The van der Waals surface area contributed by atoms with Gasteiger partial charge in [-0.3, -0.25) is 0 Å². The minimum absolute atomic E-state index is 0.682. The second-order valence-corrected chi connectivity index (χ2v) is 2.97. The van der Waals surface area contributed by atoms with Crippen LogP contribution in [-0.4, -0.2) is 20.2 Å². The van der Waals surface area contributed by atoms with Gasteiger partial charge in [0.2, 0.25) is 0 Å². The van der Waals surface area contributed by atoms with Crippen LogP contribution in [0.15, 0.2) is 24.3 Å². The Morgan fingerprint density at radius 3 is 2.69 bits per heavy atom. The zero-order chi connectivity index (χ0) is 9.26. The molecule has 0 spiro atoms. The lowest BCUT2D eigenvalue weighted by molar-refractivity contribution is 0.718. The minimum Gasteiger partial charge on any atom is -0.132 e. The smallest absolute Gasteiger partial charge is 0.132 e. The summed E-state index contributed by atoms with van der Waals surface area (Å²) in [6.45, 7) is 3.85. The molecule has 0 fully saturated rings. The van der Waals surface area contributed by atoms with Crippen LogP contribution < -0.4 is 0 Å². The summed E-state index contributed by atoms with van der Waals surface area (Å²) in [5.41, 5.74) is 2.13. The van der Waals surface area contributed by atoms with Crippen molar-refractivity contribution < 1.29 is 0 Å². The van der Waals surface area contributed by atoms with Crippen LogP contribution in [0.5, 0.6) is 0 Å². The minimum atomic E-state index is 0.682. The molecular formula is C9H10N4. The zero-order valence-corrected chi connectivity index (χ0v) is 7.60. The Bertz CT molecular complexity index is 419. The van der Waals surface area contributed by atoms with Crippen LogP contribution in [0, 0.1) is 13.8 Å². The Balaban J connectivity index is 2.46. The van der Waals surface area contributed by atoms with Gasteiger partial charge in [-0.15, -0.1) is 15.0 Å². The van der Waals surface area contributed by atoms with E-state index in [1.807, 2.05) is 38.1 Å². The van der Waals surface area contributed by atoms with E-state index < -0.39 is 0 Å². The van der Waals surface area contributed by atoms with E-state index in [0.717, 1.165) is 5.69 Å². The van der Waals surface area contributed by atoms with Crippen molar-refractivity contribution in [3.8, 4) is 5.69 Å². The first-order chi connectivity index (χ1) is 6.25. The van der Waals surface area contributed by atoms with E-state index >= 15 is 0 Å². The first-order valence-corrected chi connectivity index (χ1v) is 4.09. The summed E-state index contributed by atoms with van der Waals surface area (Å²) in [6, 6.07) is 7.98. The maximum absolute atomic E-state index is 4.12. The normalized spacial score (nSPS) is 10.3. The summed E-state index contributed by atoms with van der Waals surface area (Å²) < 4.78 is 0. The molecule has 0 amide bonds. The number of tetrazole rings is 1. The van der Waals surface area contributed by atoms with Crippen molar-refractivity contribution in [1.82, 2.24) is 20.2 Å². The summed E-state index contributed by atoms with van der Waals surface area (Å²) in [5.74, 6) is 0.682. The van der Waals surface area contributed by atoms with Gasteiger partial charge in [-0.2, -0.15) is 0 Å². The van der Waals surface area contributed by atoms with Gasteiger partial charge in [-0.1, -0.05) is 12.1 Å². The Hall–Kier alpha value is -1.71. The highest BCUT2D eigenvalue weighted by Gasteiger charge is 1.99. The van der Waals surface area contributed by atoms with Crippen molar-refractivity contribution in [3.63, 3.8) is 0 Å². The molecule has 1 heterocycles. The molecule has 4 heteroatoms. The van der Waals surface area contributed by atoms with E-state index in [4.69, 9.17) is 0 Å². The Morgan fingerprint density at radius 1 is 1.23 bits per heavy atom. The van der Waals surface area contributed by atoms with Crippen LogP contribution in [0.2, 0.25) is 0 Å². The van der Waals surface area contributed by atoms with Crippen molar-refractivity contribution in [3.05, 3.63) is 35.7 Å². The molecule has 0 saturated carbocycles. The molecule has 66 valence electrons. The molecule has 0 radical (unpaired) electrons. The predicted octanol–water partition coefficient (Wildman–Crippen LogP) is 1.28. The number of aromatic nitrogens is 4. The monoisotopic (exact) mass is 174 g/mol. The van der Waals surface area contributed by atoms with Crippen LogP contribution in [0.25, 0.3) is 5.69 Å². The third-order valence-electron chi connectivity index (χ3n) is 1.75. The summed E-state index contributed by atoms with van der Waals surface area (Å²) >= 11 is 0. The highest BCUT2D eigenvalue weighted by Crippen LogP contribution is 2.06. The lowest BCUT2D eigenvalue weighted by Crippen LogP contribution is -1.98. The van der Waals surface area contributed by atoms with E-state index in [1.165, 1.54) is 10.4 Å². The molecule has 1 aromatic heterocycles. The highest BCUT2D eigenvalue weighted by atomic mass is 15.6. The Kier molecular flexibility index (Phi) is 1.81. The van der Waals surface area contributed by atoms with Gasteiger partial charge < -0.3 is 0 Å². The average Bonchev–Trinajstić information content (AvgIpc) is 2.52. The quantitative estimate of drug-likeness (QED) is 0.654. The molecule has 0 unspecified atom stereocenters. The fraction of sp³-hybridized carbons (Fsp3) is 0.222. The number of rotatable bonds is 1. The molecule has 0 N–H and O–H groups in total.